The largest absolute Gasteiger partial charge is 0.478 e. The van der Waals surface area contributed by atoms with Crippen LogP contribution in [0.25, 0.3) is 0 Å². The van der Waals surface area contributed by atoms with E-state index in [1.54, 1.807) is 6.20 Å². The molecule has 2 aromatic rings. The van der Waals surface area contributed by atoms with Crippen molar-refractivity contribution in [1.82, 2.24) is 15.2 Å². The van der Waals surface area contributed by atoms with E-state index in [9.17, 15) is 4.79 Å². The van der Waals surface area contributed by atoms with E-state index in [0.717, 1.165) is 24.2 Å². The third-order valence-corrected chi connectivity index (χ3v) is 3.63. The summed E-state index contributed by atoms with van der Waals surface area (Å²) in [4.78, 5) is 18.4. The number of urea groups is 1. The maximum Gasteiger partial charge on any atom is 0.319 e. The summed E-state index contributed by atoms with van der Waals surface area (Å²) in [7, 11) is 4.11. The van der Waals surface area contributed by atoms with Crippen LogP contribution in [0.4, 0.5) is 10.5 Å². The van der Waals surface area contributed by atoms with Crippen molar-refractivity contribution in [2.45, 2.75) is 19.9 Å². The molecule has 0 aliphatic carbocycles. The first-order chi connectivity index (χ1) is 12.1. The first-order valence-electron chi connectivity index (χ1n) is 8.43. The second-order valence-electron chi connectivity index (χ2n) is 5.96. The van der Waals surface area contributed by atoms with Gasteiger partial charge in [0.2, 0.25) is 5.88 Å². The van der Waals surface area contributed by atoms with Crippen molar-refractivity contribution in [1.29, 1.82) is 0 Å². The molecule has 2 amide bonds. The minimum absolute atomic E-state index is 0.257. The highest BCUT2D eigenvalue weighted by atomic mass is 16.5. The highest BCUT2D eigenvalue weighted by molar-refractivity contribution is 5.89. The van der Waals surface area contributed by atoms with Gasteiger partial charge in [-0.15, -0.1) is 0 Å². The predicted molar refractivity (Wildman–Crippen MR) is 100.0 cm³/mol. The van der Waals surface area contributed by atoms with Crippen molar-refractivity contribution >= 4 is 11.7 Å². The number of anilines is 1. The smallest absolute Gasteiger partial charge is 0.319 e. The molecule has 0 saturated heterocycles. The van der Waals surface area contributed by atoms with E-state index in [1.807, 2.05) is 43.3 Å². The fraction of sp³-hybridized carbons (Fsp3) is 0.368. The zero-order valence-corrected chi connectivity index (χ0v) is 15.1. The number of hydrogen-bond donors (Lipinski definition) is 2. The molecule has 6 nitrogen and oxygen atoms in total. The van der Waals surface area contributed by atoms with Crippen LogP contribution >= 0.6 is 0 Å². The van der Waals surface area contributed by atoms with Gasteiger partial charge in [-0.05, 0) is 51.2 Å². The zero-order chi connectivity index (χ0) is 18.1. The normalized spacial score (nSPS) is 10.6. The minimum Gasteiger partial charge on any atom is -0.478 e. The number of rotatable bonds is 8. The molecule has 0 spiro atoms. The molecule has 0 radical (unpaired) electrons. The Hall–Kier alpha value is -2.60. The van der Waals surface area contributed by atoms with Crippen molar-refractivity contribution in [2.24, 2.45) is 0 Å². The van der Waals surface area contributed by atoms with Crippen LogP contribution in [-0.4, -0.2) is 43.2 Å². The van der Waals surface area contributed by atoms with E-state index in [1.165, 1.54) is 5.56 Å². The van der Waals surface area contributed by atoms with Gasteiger partial charge in [0, 0.05) is 30.5 Å². The topological polar surface area (TPSA) is 66.5 Å². The van der Waals surface area contributed by atoms with Crippen molar-refractivity contribution in [3.8, 4) is 5.88 Å². The van der Waals surface area contributed by atoms with Gasteiger partial charge in [0.15, 0.2) is 0 Å². The molecule has 0 unspecified atom stereocenters. The second kappa shape index (κ2) is 9.64. The Labute approximate surface area is 149 Å². The van der Waals surface area contributed by atoms with E-state index < -0.39 is 0 Å². The third-order valence-electron chi connectivity index (χ3n) is 3.63. The van der Waals surface area contributed by atoms with E-state index >= 15 is 0 Å². The molecule has 2 rings (SSSR count). The molecule has 25 heavy (non-hydrogen) atoms. The van der Waals surface area contributed by atoms with Crippen molar-refractivity contribution in [2.75, 3.05) is 32.6 Å². The van der Waals surface area contributed by atoms with Crippen LogP contribution < -0.4 is 15.4 Å². The summed E-state index contributed by atoms with van der Waals surface area (Å²) in [5.41, 5.74) is 2.86. The summed E-state index contributed by atoms with van der Waals surface area (Å²) in [6.45, 7) is 3.80. The van der Waals surface area contributed by atoms with Crippen LogP contribution in [0.5, 0.6) is 5.88 Å². The lowest BCUT2D eigenvalue weighted by molar-refractivity contribution is 0.251. The number of carbonyl (C=O) groups is 1. The molecule has 1 aromatic heterocycles. The minimum atomic E-state index is -0.257. The summed E-state index contributed by atoms with van der Waals surface area (Å²) in [6, 6.07) is 11.4. The summed E-state index contributed by atoms with van der Waals surface area (Å²) in [5.74, 6) is 0.551. The molecule has 0 aliphatic rings. The fourth-order valence-corrected chi connectivity index (χ4v) is 2.28. The molecule has 1 heterocycles. The standard InChI is InChI=1S/C19H26N4O2/c1-4-25-18-16(6-5-12-20-18)14-21-19(24)22-17-9-7-15(8-10-17)11-13-23(2)3/h5-10,12H,4,11,13-14H2,1-3H3,(H2,21,22,24). The van der Waals surface area contributed by atoms with Crippen LogP contribution in [-0.2, 0) is 13.0 Å². The SMILES string of the molecule is CCOc1ncccc1CNC(=O)Nc1ccc(CCN(C)C)cc1. The number of carbonyl (C=O) groups excluding carboxylic acids is 1. The molecule has 0 saturated carbocycles. The molecule has 1 aromatic carbocycles. The van der Waals surface area contributed by atoms with Crippen molar-refractivity contribution < 1.29 is 9.53 Å². The Bertz CT molecular complexity index is 671. The van der Waals surface area contributed by atoms with Crippen molar-refractivity contribution in [3.05, 3.63) is 53.7 Å². The fourth-order valence-electron chi connectivity index (χ4n) is 2.28. The molecular formula is C19H26N4O2. The Morgan fingerprint density at radius 1 is 1.20 bits per heavy atom. The molecular weight excluding hydrogens is 316 g/mol. The molecule has 0 bridgehead atoms. The quantitative estimate of drug-likeness (QED) is 0.774. The van der Waals surface area contributed by atoms with E-state index in [2.05, 4.69) is 34.6 Å². The molecule has 134 valence electrons. The number of amides is 2. The molecule has 6 heteroatoms. The van der Waals surface area contributed by atoms with Gasteiger partial charge in [-0.2, -0.15) is 0 Å². The third kappa shape index (κ3) is 6.43. The Morgan fingerprint density at radius 2 is 1.96 bits per heavy atom. The second-order valence-corrected chi connectivity index (χ2v) is 5.96. The summed E-state index contributed by atoms with van der Waals surface area (Å²) >= 11 is 0. The number of likely N-dealkylation sites (N-methyl/N-ethyl adjacent to an activating group) is 1. The van der Waals surface area contributed by atoms with E-state index in [0.29, 0.717) is 19.0 Å². The van der Waals surface area contributed by atoms with Gasteiger partial charge in [-0.3, -0.25) is 0 Å². The number of nitrogens with one attached hydrogen (secondary N) is 2. The lowest BCUT2D eigenvalue weighted by atomic mass is 10.1. The number of aromatic nitrogens is 1. The highest BCUT2D eigenvalue weighted by Gasteiger charge is 2.07. The number of nitrogens with zero attached hydrogens (tertiary/aromatic N) is 2. The summed E-state index contributed by atoms with van der Waals surface area (Å²) in [5, 5.41) is 5.66. The average molecular weight is 342 g/mol. The van der Waals surface area contributed by atoms with Gasteiger partial charge in [0.1, 0.15) is 0 Å². The summed E-state index contributed by atoms with van der Waals surface area (Å²) < 4.78 is 5.45. The number of ether oxygens (including phenoxy) is 1. The van der Waals surface area contributed by atoms with E-state index in [-0.39, 0.29) is 6.03 Å². The molecule has 0 aliphatic heterocycles. The lowest BCUT2D eigenvalue weighted by Crippen LogP contribution is -2.28. The first kappa shape index (κ1) is 18.7. The predicted octanol–water partition coefficient (Wildman–Crippen LogP) is 2.91. The van der Waals surface area contributed by atoms with Crippen LogP contribution in [0.1, 0.15) is 18.1 Å². The van der Waals surface area contributed by atoms with Gasteiger partial charge in [0.25, 0.3) is 0 Å². The van der Waals surface area contributed by atoms with Crippen LogP contribution in [0, 0.1) is 0 Å². The monoisotopic (exact) mass is 342 g/mol. The van der Waals surface area contributed by atoms with Crippen molar-refractivity contribution in [3.63, 3.8) is 0 Å². The van der Waals surface area contributed by atoms with Crippen LogP contribution in [0.15, 0.2) is 42.6 Å². The van der Waals surface area contributed by atoms with Gasteiger partial charge in [-0.25, -0.2) is 9.78 Å². The number of benzene rings is 1. The van der Waals surface area contributed by atoms with E-state index in [4.69, 9.17) is 4.74 Å². The number of pyridine rings is 1. The lowest BCUT2D eigenvalue weighted by Gasteiger charge is -2.12. The number of hydrogen-bond acceptors (Lipinski definition) is 4. The van der Waals surface area contributed by atoms with Crippen LogP contribution in [0.2, 0.25) is 0 Å². The van der Waals surface area contributed by atoms with Gasteiger partial charge in [0.05, 0.1) is 6.61 Å². The molecule has 0 fully saturated rings. The molecule has 2 N–H and O–H groups in total. The summed E-state index contributed by atoms with van der Waals surface area (Å²) in [6.07, 6.45) is 2.66. The average Bonchev–Trinajstić information content (AvgIpc) is 2.60. The highest BCUT2D eigenvalue weighted by Crippen LogP contribution is 2.14. The maximum absolute atomic E-state index is 12.1. The Balaban J connectivity index is 1.84. The first-order valence-corrected chi connectivity index (χ1v) is 8.43. The zero-order valence-electron chi connectivity index (χ0n) is 15.1. The van der Waals surface area contributed by atoms with Crippen LogP contribution in [0.3, 0.4) is 0 Å². The van der Waals surface area contributed by atoms with Gasteiger partial charge < -0.3 is 20.3 Å². The maximum atomic E-state index is 12.1. The van der Waals surface area contributed by atoms with Gasteiger partial charge >= 0.3 is 6.03 Å². The molecule has 0 atom stereocenters. The Morgan fingerprint density at radius 3 is 2.64 bits per heavy atom. The van der Waals surface area contributed by atoms with Gasteiger partial charge in [-0.1, -0.05) is 18.2 Å². The Kier molecular flexibility index (Phi) is 7.22.